The van der Waals surface area contributed by atoms with Gasteiger partial charge in [-0.05, 0) is 55.2 Å². The van der Waals surface area contributed by atoms with E-state index in [-0.39, 0.29) is 0 Å². The SMILES string of the molecule is CC(C)CN1CC[C@]23CCCC[C@H]2[C@H]1Cc1ccccc13. The minimum atomic E-state index is 0.533. The summed E-state index contributed by atoms with van der Waals surface area (Å²) in [5, 5.41) is 0. The molecule has 1 nitrogen and oxygen atoms in total. The zero-order valence-electron chi connectivity index (χ0n) is 13.6. The maximum absolute atomic E-state index is 2.84. The molecule has 0 spiro atoms. The molecule has 2 fully saturated rings. The van der Waals surface area contributed by atoms with Gasteiger partial charge in [-0.3, -0.25) is 4.90 Å². The summed E-state index contributed by atoms with van der Waals surface area (Å²) in [5.74, 6) is 1.71. The van der Waals surface area contributed by atoms with Gasteiger partial charge in [-0.15, -0.1) is 0 Å². The molecule has 1 saturated heterocycles. The second-order valence-corrected chi connectivity index (χ2v) is 8.08. The molecule has 1 heteroatoms. The largest absolute Gasteiger partial charge is 0.299 e. The molecule has 1 saturated carbocycles. The van der Waals surface area contributed by atoms with E-state index in [1.165, 1.54) is 51.6 Å². The predicted octanol–water partition coefficient (Wildman–Crippen LogP) is 4.40. The number of benzene rings is 1. The van der Waals surface area contributed by atoms with Crippen molar-refractivity contribution >= 4 is 0 Å². The van der Waals surface area contributed by atoms with Gasteiger partial charge in [-0.2, -0.15) is 0 Å². The third-order valence-electron chi connectivity index (χ3n) is 6.46. The summed E-state index contributed by atoms with van der Waals surface area (Å²) in [5.41, 5.74) is 3.93. The summed E-state index contributed by atoms with van der Waals surface area (Å²) in [6.45, 7) is 7.37. The Labute approximate surface area is 129 Å². The van der Waals surface area contributed by atoms with E-state index in [0.717, 1.165) is 17.9 Å². The van der Waals surface area contributed by atoms with Crippen molar-refractivity contribution in [2.75, 3.05) is 13.1 Å². The maximum Gasteiger partial charge on any atom is 0.0173 e. The van der Waals surface area contributed by atoms with Crippen LogP contribution in [0.3, 0.4) is 0 Å². The summed E-state index contributed by atoms with van der Waals surface area (Å²) < 4.78 is 0. The van der Waals surface area contributed by atoms with E-state index < -0.39 is 0 Å². The Bertz CT molecular complexity index is 520. The number of fused-ring (bicyclic) bond motifs is 1. The topological polar surface area (TPSA) is 3.24 Å². The lowest BCUT2D eigenvalue weighted by molar-refractivity contribution is -0.0163. The van der Waals surface area contributed by atoms with Gasteiger partial charge in [0.2, 0.25) is 0 Å². The summed E-state index contributed by atoms with van der Waals surface area (Å²) in [7, 11) is 0. The van der Waals surface area contributed by atoms with E-state index >= 15 is 0 Å². The van der Waals surface area contributed by atoms with E-state index in [1.54, 1.807) is 11.1 Å². The second-order valence-electron chi connectivity index (χ2n) is 8.08. The predicted molar refractivity (Wildman–Crippen MR) is 88.6 cm³/mol. The highest BCUT2D eigenvalue weighted by atomic mass is 15.2. The molecule has 114 valence electrons. The van der Waals surface area contributed by atoms with Gasteiger partial charge < -0.3 is 0 Å². The number of hydrogen-bond donors (Lipinski definition) is 0. The van der Waals surface area contributed by atoms with Gasteiger partial charge in [0.05, 0.1) is 0 Å². The summed E-state index contributed by atoms with van der Waals surface area (Å²) in [6, 6.07) is 10.2. The van der Waals surface area contributed by atoms with E-state index in [0.29, 0.717) is 5.41 Å². The Hall–Kier alpha value is -0.820. The van der Waals surface area contributed by atoms with Crippen LogP contribution in [0.25, 0.3) is 0 Å². The van der Waals surface area contributed by atoms with Crippen molar-refractivity contribution in [1.82, 2.24) is 4.90 Å². The average molecular weight is 283 g/mol. The Kier molecular flexibility index (Phi) is 3.37. The molecule has 1 heterocycles. The standard InChI is InChI=1S/C20H29N/c1-15(2)14-21-12-11-20-10-6-5-9-18(20)19(21)13-16-7-3-4-8-17(16)20/h3-4,7-8,15,18-19H,5-6,9-14H2,1-2H3/t18-,19+,20-/m0/s1. The van der Waals surface area contributed by atoms with Gasteiger partial charge in [0.25, 0.3) is 0 Å². The Balaban J connectivity index is 1.76. The van der Waals surface area contributed by atoms with Crippen molar-refractivity contribution in [1.29, 1.82) is 0 Å². The summed E-state index contributed by atoms with van der Waals surface area (Å²) in [6.07, 6.45) is 8.52. The molecule has 2 aliphatic carbocycles. The molecule has 21 heavy (non-hydrogen) atoms. The Morgan fingerprint density at radius 2 is 2.05 bits per heavy atom. The molecule has 1 aromatic carbocycles. The third-order valence-corrected chi connectivity index (χ3v) is 6.46. The molecular weight excluding hydrogens is 254 g/mol. The number of hydrogen-bond acceptors (Lipinski definition) is 1. The number of nitrogens with zero attached hydrogens (tertiary/aromatic N) is 1. The van der Waals surface area contributed by atoms with Gasteiger partial charge in [-0.25, -0.2) is 0 Å². The molecular formula is C20H29N. The summed E-state index contributed by atoms with van der Waals surface area (Å²) in [4.78, 5) is 2.84. The minimum Gasteiger partial charge on any atom is -0.299 e. The van der Waals surface area contributed by atoms with Gasteiger partial charge in [0, 0.05) is 18.0 Å². The zero-order valence-corrected chi connectivity index (χ0v) is 13.6. The Morgan fingerprint density at radius 3 is 2.90 bits per heavy atom. The highest BCUT2D eigenvalue weighted by Crippen LogP contribution is 2.55. The van der Waals surface area contributed by atoms with Crippen molar-refractivity contribution in [3.63, 3.8) is 0 Å². The maximum atomic E-state index is 2.84. The van der Waals surface area contributed by atoms with E-state index in [1.807, 2.05) is 0 Å². The van der Waals surface area contributed by atoms with Crippen LogP contribution in [0.15, 0.2) is 24.3 Å². The van der Waals surface area contributed by atoms with Crippen LogP contribution < -0.4 is 0 Å². The minimum absolute atomic E-state index is 0.533. The first-order valence-electron chi connectivity index (χ1n) is 9.03. The van der Waals surface area contributed by atoms with Gasteiger partial charge in [0.1, 0.15) is 0 Å². The molecule has 0 amide bonds. The van der Waals surface area contributed by atoms with Crippen LogP contribution in [0.4, 0.5) is 0 Å². The fourth-order valence-corrected chi connectivity index (χ4v) is 5.75. The lowest BCUT2D eigenvalue weighted by atomic mass is 9.52. The first-order chi connectivity index (χ1) is 10.2. The molecule has 1 aromatic rings. The lowest BCUT2D eigenvalue weighted by Crippen LogP contribution is -2.61. The lowest BCUT2D eigenvalue weighted by Gasteiger charge is -2.59. The fraction of sp³-hybridized carbons (Fsp3) is 0.700. The van der Waals surface area contributed by atoms with Crippen LogP contribution >= 0.6 is 0 Å². The molecule has 3 aliphatic rings. The summed E-state index contributed by atoms with van der Waals surface area (Å²) >= 11 is 0. The van der Waals surface area contributed by atoms with Crippen LogP contribution in [0.5, 0.6) is 0 Å². The molecule has 0 radical (unpaired) electrons. The van der Waals surface area contributed by atoms with Crippen molar-refractivity contribution in [2.45, 2.75) is 63.8 Å². The number of piperidine rings is 1. The van der Waals surface area contributed by atoms with Crippen LogP contribution in [0, 0.1) is 11.8 Å². The van der Waals surface area contributed by atoms with Crippen LogP contribution in [0.1, 0.15) is 57.1 Å². The van der Waals surface area contributed by atoms with Crippen LogP contribution in [-0.2, 0) is 11.8 Å². The van der Waals surface area contributed by atoms with Gasteiger partial charge in [-0.1, -0.05) is 51.0 Å². The van der Waals surface area contributed by atoms with Crippen LogP contribution in [-0.4, -0.2) is 24.0 Å². The molecule has 3 atom stereocenters. The van der Waals surface area contributed by atoms with Crippen molar-refractivity contribution in [3.05, 3.63) is 35.4 Å². The van der Waals surface area contributed by atoms with E-state index in [4.69, 9.17) is 0 Å². The zero-order chi connectivity index (χ0) is 14.4. The molecule has 2 bridgehead atoms. The number of likely N-dealkylation sites (tertiary alicyclic amines) is 1. The fourth-order valence-electron chi connectivity index (χ4n) is 5.75. The molecule has 1 aliphatic heterocycles. The normalized spacial score (nSPS) is 35.4. The Morgan fingerprint density at radius 1 is 1.19 bits per heavy atom. The van der Waals surface area contributed by atoms with Gasteiger partial charge in [0.15, 0.2) is 0 Å². The average Bonchev–Trinajstić information content (AvgIpc) is 2.50. The smallest absolute Gasteiger partial charge is 0.0173 e. The second kappa shape index (κ2) is 5.12. The van der Waals surface area contributed by atoms with E-state index in [2.05, 4.69) is 43.0 Å². The van der Waals surface area contributed by atoms with Gasteiger partial charge >= 0.3 is 0 Å². The molecule has 4 rings (SSSR count). The highest BCUT2D eigenvalue weighted by Gasteiger charge is 2.53. The van der Waals surface area contributed by atoms with E-state index in [9.17, 15) is 0 Å². The molecule has 0 unspecified atom stereocenters. The highest BCUT2D eigenvalue weighted by molar-refractivity contribution is 5.41. The van der Waals surface area contributed by atoms with Crippen LogP contribution in [0.2, 0.25) is 0 Å². The number of rotatable bonds is 2. The molecule has 0 N–H and O–H groups in total. The third kappa shape index (κ3) is 2.08. The van der Waals surface area contributed by atoms with Crippen molar-refractivity contribution in [3.8, 4) is 0 Å². The first kappa shape index (κ1) is 13.8. The monoisotopic (exact) mass is 283 g/mol. The molecule has 0 aromatic heterocycles. The van der Waals surface area contributed by atoms with Crippen molar-refractivity contribution < 1.29 is 0 Å². The van der Waals surface area contributed by atoms with Crippen molar-refractivity contribution in [2.24, 2.45) is 11.8 Å². The quantitative estimate of drug-likeness (QED) is 0.777. The first-order valence-corrected chi connectivity index (χ1v) is 9.03.